The first-order chi connectivity index (χ1) is 15.1. The molecule has 2 heteroatoms. The van der Waals surface area contributed by atoms with Gasteiger partial charge in [-0.05, 0) is 111 Å². The molecule has 0 saturated heterocycles. The van der Waals surface area contributed by atoms with Crippen molar-refractivity contribution in [1.82, 2.24) is 0 Å². The average molecular weight is 427 g/mol. The van der Waals surface area contributed by atoms with Crippen molar-refractivity contribution in [2.24, 2.45) is 23.7 Å². The minimum Gasteiger partial charge on any atom is -0.203 e. The fraction of sp³-hybridized carbons (Fsp3) is 0.655. The number of hydrogen-bond donors (Lipinski definition) is 0. The molecule has 2 atom stereocenters. The second-order valence-electron chi connectivity index (χ2n) is 10.5. The molecule has 1 aromatic rings. The maximum atomic E-state index is 15.1. The molecule has 0 spiro atoms. The Hall–Kier alpha value is -1.44. The molecule has 3 aliphatic rings. The summed E-state index contributed by atoms with van der Waals surface area (Å²) in [6.07, 6.45) is 20.2. The van der Waals surface area contributed by atoms with Gasteiger partial charge >= 0.3 is 0 Å². The summed E-state index contributed by atoms with van der Waals surface area (Å²) >= 11 is 0. The van der Waals surface area contributed by atoms with Crippen molar-refractivity contribution in [3.8, 4) is 0 Å². The Balaban J connectivity index is 1.37. The molecule has 3 aliphatic carbocycles. The zero-order valence-electron chi connectivity index (χ0n) is 19.3. The van der Waals surface area contributed by atoms with Crippen molar-refractivity contribution < 1.29 is 8.78 Å². The second-order valence-corrected chi connectivity index (χ2v) is 10.5. The lowest BCUT2D eigenvalue weighted by molar-refractivity contribution is 0.242. The summed E-state index contributed by atoms with van der Waals surface area (Å²) in [6.45, 7) is 6.14. The highest BCUT2D eigenvalue weighted by Gasteiger charge is 2.32. The minimum atomic E-state index is -0.553. The van der Waals surface area contributed by atoms with E-state index in [2.05, 4.69) is 25.7 Å². The summed E-state index contributed by atoms with van der Waals surface area (Å²) in [5.41, 5.74) is 1.26. The lowest BCUT2D eigenvalue weighted by Crippen LogP contribution is -2.23. The van der Waals surface area contributed by atoms with Crippen molar-refractivity contribution in [3.63, 3.8) is 0 Å². The molecule has 0 bridgehead atoms. The molecule has 1 aromatic carbocycles. The quantitative estimate of drug-likeness (QED) is 0.398. The van der Waals surface area contributed by atoms with Crippen LogP contribution in [0.4, 0.5) is 8.78 Å². The fourth-order valence-electron chi connectivity index (χ4n) is 6.69. The largest absolute Gasteiger partial charge is 0.203 e. The van der Waals surface area contributed by atoms with Crippen LogP contribution in [0.1, 0.15) is 107 Å². The van der Waals surface area contributed by atoms with E-state index in [1.165, 1.54) is 25.7 Å². The van der Waals surface area contributed by atoms with Gasteiger partial charge in [0.05, 0.1) is 0 Å². The van der Waals surface area contributed by atoms with Gasteiger partial charge in [-0.25, -0.2) is 8.78 Å². The second kappa shape index (κ2) is 10.5. The predicted octanol–water partition coefficient (Wildman–Crippen LogP) is 9.08. The Bertz CT molecular complexity index is 763. The van der Waals surface area contributed by atoms with Crippen molar-refractivity contribution in [3.05, 3.63) is 59.7 Å². The van der Waals surface area contributed by atoms with Crippen LogP contribution in [0.15, 0.2) is 36.9 Å². The third-order valence-corrected chi connectivity index (χ3v) is 8.68. The van der Waals surface area contributed by atoms with Crippen LogP contribution in [0.3, 0.4) is 0 Å². The van der Waals surface area contributed by atoms with E-state index in [1.807, 2.05) is 18.2 Å². The SMILES string of the molecule is C=CC1C=CC(C2CCC(c3ccc(C4CCC(CCC)CC4)c(F)c3F)CC2)CC1. The van der Waals surface area contributed by atoms with Crippen LogP contribution in [-0.2, 0) is 0 Å². The van der Waals surface area contributed by atoms with Gasteiger partial charge in [-0.15, -0.1) is 6.58 Å². The molecule has 0 radical (unpaired) electrons. The van der Waals surface area contributed by atoms with Gasteiger partial charge in [0.25, 0.3) is 0 Å². The van der Waals surface area contributed by atoms with Gasteiger partial charge in [0, 0.05) is 0 Å². The van der Waals surface area contributed by atoms with Crippen LogP contribution < -0.4 is 0 Å². The predicted molar refractivity (Wildman–Crippen MR) is 126 cm³/mol. The monoisotopic (exact) mass is 426 g/mol. The average Bonchev–Trinajstić information content (AvgIpc) is 2.82. The van der Waals surface area contributed by atoms with Crippen molar-refractivity contribution >= 4 is 0 Å². The van der Waals surface area contributed by atoms with E-state index in [4.69, 9.17) is 0 Å². The smallest absolute Gasteiger partial charge is 0.162 e. The Morgan fingerprint density at radius 3 is 1.87 bits per heavy atom. The zero-order chi connectivity index (χ0) is 21.8. The number of benzene rings is 1. The summed E-state index contributed by atoms with van der Waals surface area (Å²) in [4.78, 5) is 0. The molecule has 2 fully saturated rings. The van der Waals surface area contributed by atoms with E-state index in [0.717, 1.165) is 57.3 Å². The molecule has 2 unspecified atom stereocenters. The molecule has 2 saturated carbocycles. The topological polar surface area (TPSA) is 0 Å². The first-order valence-corrected chi connectivity index (χ1v) is 12.9. The highest BCUT2D eigenvalue weighted by molar-refractivity contribution is 5.32. The van der Waals surface area contributed by atoms with Crippen LogP contribution in [0.5, 0.6) is 0 Å². The first kappa shape index (κ1) is 22.7. The fourth-order valence-corrected chi connectivity index (χ4v) is 6.69. The number of hydrogen-bond acceptors (Lipinski definition) is 0. The molecule has 0 heterocycles. The van der Waals surface area contributed by atoms with Crippen LogP contribution in [0.25, 0.3) is 0 Å². The number of rotatable bonds is 6. The Labute approximate surface area is 188 Å². The first-order valence-electron chi connectivity index (χ1n) is 12.9. The molecule has 0 N–H and O–H groups in total. The summed E-state index contributed by atoms with van der Waals surface area (Å²) in [7, 11) is 0. The van der Waals surface area contributed by atoms with E-state index >= 15 is 8.78 Å². The van der Waals surface area contributed by atoms with Crippen LogP contribution in [-0.4, -0.2) is 0 Å². The van der Waals surface area contributed by atoms with E-state index < -0.39 is 11.6 Å². The molecule has 0 aliphatic heterocycles. The molecular formula is C29H40F2. The van der Waals surface area contributed by atoms with Gasteiger partial charge in [-0.1, -0.05) is 50.1 Å². The maximum Gasteiger partial charge on any atom is 0.162 e. The summed E-state index contributed by atoms with van der Waals surface area (Å²) < 4.78 is 30.2. The van der Waals surface area contributed by atoms with Gasteiger partial charge < -0.3 is 0 Å². The lowest BCUT2D eigenvalue weighted by Gasteiger charge is -2.35. The van der Waals surface area contributed by atoms with Gasteiger partial charge in [0.2, 0.25) is 0 Å². The minimum absolute atomic E-state index is 0.175. The van der Waals surface area contributed by atoms with Crippen LogP contribution in [0, 0.1) is 35.3 Å². The summed E-state index contributed by atoms with van der Waals surface area (Å²) in [5.74, 6) is 1.94. The van der Waals surface area contributed by atoms with Gasteiger partial charge in [-0.3, -0.25) is 0 Å². The van der Waals surface area contributed by atoms with Crippen LogP contribution in [0.2, 0.25) is 0 Å². The molecule has 31 heavy (non-hydrogen) atoms. The summed E-state index contributed by atoms with van der Waals surface area (Å²) in [5, 5.41) is 0. The Morgan fingerprint density at radius 2 is 1.39 bits per heavy atom. The van der Waals surface area contributed by atoms with E-state index in [0.29, 0.717) is 28.9 Å². The number of allylic oxidation sites excluding steroid dienone is 3. The molecule has 0 aromatic heterocycles. The summed E-state index contributed by atoms with van der Waals surface area (Å²) in [6, 6.07) is 3.84. The normalized spacial score (nSPS) is 33.9. The molecular weight excluding hydrogens is 386 g/mol. The van der Waals surface area contributed by atoms with E-state index in [1.54, 1.807) is 0 Å². The maximum absolute atomic E-state index is 15.1. The highest BCUT2D eigenvalue weighted by Crippen LogP contribution is 2.44. The van der Waals surface area contributed by atoms with Gasteiger partial charge in [0.1, 0.15) is 0 Å². The van der Waals surface area contributed by atoms with Crippen molar-refractivity contribution in [1.29, 1.82) is 0 Å². The van der Waals surface area contributed by atoms with E-state index in [-0.39, 0.29) is 11.8 Å². The third-order valence-electron chi connectivity index (χ3n) is 8.68. The highest BCUT2D eigenvalue weighted by atomic mass is 19.2. The molecule has 0 amide bonds. The Kier molecular flexibility index (Phi) is 7.67. The third kappa shape index (κ3) is 5.15. The van der Waals surface area contributed by atoms with Gasteiger partial charge in [-0.2, -0.15) is 0 Å². The van der Waals surface area contributed by atoms with Crippen LogP contribution >= 0.6 is 0 Å². The van der Waals surface area contributed by atoms with Crippen molar-refractivity contribution in [2.75, 3.05) is 0 Å². The zero-order valence-corrected chi connectivity index (χ0v) is 19.3. The molecule has 0 nitrogen and oxygen atoms in total. The van der Waals surface area contributed by atoms with Crippen molar-refractivity contribution in [2.45, 2.75) is 95.8 Å². The Morgan fingerprint density at radius 1 is 0.806 bits per heavy atom. The molecule has 4 rings (SSSR count). The molecule has 170 valence electrons. The lowest BCUT2D eigenvalue weighted by atomic mass is 9.70. The number of halogens is 2. The van der Waals surface area contributed by atoms with Gasteiger partial charge in [0.15, 0.2) is 11.6 Å². The van der Waals surface area contributed by atoms with E-state index in [9.17, 15) is 0 Å². The standard InChI is InChI=1S/C29H40F2/c1-3-5-21-8-12-24(13-9-21)26-18-19-27(29(31)28(26)30)25-16-14-23(15-17-25)22-10-6-20(4-2)7-11-22/h4,6,10,18-25H,2-3,5,7-9,11-17H2,1H3.